The normalized spacial score (nSPS) is 14.2. The smallest absolute Gasteiger partial charge is 0.338 e. The number of ether oxygens (including phenoxy) is 4. The summed E-state index contributed by atoms with van der Waals surface area (Å²) in [7, 11) is 3.10. The highest BCUT2D eigenvalue weighted by atomic mass is 127. The molecule has 0 aliphatic carbocycles. The Bertz CT molecular complexity index is 2250. The van der Waals surface area contributed by atoms with Crippen LogP contribution >= 0.6 is 68.1 Å². The molecule has 4 aromatic carbocycles. The Labute approximate surface area is 318 Å². The predicted octanol–water partition coefficient (Wildman–Crippen LogP) is 7.39. The number of esters is 1. The molecule has 250 valence electrons. The van der Waals surface area contributed by atoms with Crippen molar-refractivity contribution in [1.29, 1.82) is 0 Å². The molecular formula is C37H29ClI2N2O6S. The minimum absolute atomic E-state index is 0.156. The van der Waals surface area contributed by atoms with E-state index in [2.05, 4.69) is 45.2 Å². The van der Waals surface area contributed by atoms with Gasteiger partial charge in [-0.3, -0.25) is 9.36 Å². The maximum absolute atomic E-state index is 14.4. The minimum Gasteiger partial charge on any atom is -0.493 e. The Morgan fingerprint density at radius 1 is 0.959 bits per heavy atom. The summed E-state index contributed by atoms with van der Waals surface area (Å²) < 4.78 is 26.7. The Hall–Kier alpha value is -3.66. The average Bonchev–Trinajstić information content (AvgIpc) is 3.41. The van der Waals surface area contributed by atoms with E-state index in [1.165, 1.54) is 11.3 Å². The maximum Gasteiger partial charge on any atom is 0.338 e. The van der Waals surface area contributed by atoms with Crippen molar-refractivity contribution in [2.75, 3.05) is 20.8 Å². The van der Waals surface area contributed by atoms with Gasteiger partial charge in [-0.05, 0) is 111 Å². The first kappa shape index (κ1) is 35.2. The molecule has 0 radical (unpaired) electrons. The number of carbonyl (C=O) groups is 1. The molecule has 49 heavy (non-hydrogen) atoms. The summed E-state index contributed by atoms with van der Waals surface area (Å²) in [5, 5.41) is 0.654. The van der Waals surface area contributed by atoms with Gasteiger partial charge in [0.05, 0.1) is 49.8 Å². The van der Waals surface area contributed by atoms with Gasteiger partial charge in [0.1, 0.15) is 12.4 Å². The van der Waals surface area contributed by atoms with Gasteiger partial charge >= 0.3 is 5.97 Å². The number of hydrogen-bond acceptors (Lipinski definition) is 8. The fourth-order valence-corrected chi connectivity index (χ4v) is 8.85. The molecule has 0 fully saturated rings. The number of benzene rings is 4. The van der Waals surface area contributed by atoms with E-state index in [-0.39, 0.29) is 17.7 Å². The van der Waals surface area contributed by atoms with E-state index in [1.54, 1.807) is 37.8 Å². The molecule has 0 unspecified atom stereocenters. The zero-order chi connectivity index (χ0) is 34.7. The van der Waals surface area contributed by atoms with E-state index in [0.717, 1.165) is 29.6 Å². The van der Waals surface area contributed by atoms with Gasteiger partial charge in [-0.25, -0.2) is 9.79 Å². The van der Waals surface area contributed by atoms with Crippen LogP contribution in [0.25, 0.3) is 11.8 Å². The lowest BCUT2D eigenvalue weighted by molar-refractivity contribution is -0.138. The van der Waals surface area contributed by atoms with Crippen LogP contribution in [0.15, 0.2) is 100 Å². The van der Waals surface area contributed by atoms with Gasteiger partial charge in [0.25, 0.3) is 5.56 Å². The lowest BCUT2D eigenvalue weighted by Crippen LogP contribution is -2.40. The van der Waals surface area contributed by atoms with Crippen molar-refractivity contribution in [2.45, 2.75) is 19.6 Å². The van der Waals surface area contributed by atoms with E-state index in [9.17, 15) is 9.59 Å². The van der Waals surface area contributed by atoms with Crippen molar-refractivity contribution in [3.8, 4) is 17.2 Å². The third-order valence-corrected chi connectivity index (χ3v) is 10.5. The largest absolute Gasteiger partial charge is 0.493 e. The summed E-state index contributed by atoms with van der Waals surface area (Å²) in [4.78, 5) is 33.6. The van der Waals surface area contributed by atoms with E-state index in [1.807, 2.05) is 78.9 Å². The molecule has 12 heteroatoms. The van der Waals surface area contributed by atoms with E-state index in [4.69, 9.17) is 35.5 Å². The monoisotopic (exact) mass is 918 g/mol. The number of hydrogen-bond donors (Lipinski definition) is 0. The standard InChI is InChI=1S/C37H29ClI2N2O6S/c1-4-47-36(44)31-32(23-10-6-5-7-11-23)41-37-42(33(31)24-13-14-28(45-2)29(19-24)46-3)35(43)30(49-37)18-22-16-26(39)34(27(40)17-22)48-20-21-9-8-12-25(38)15-21/h5-19,33H,4,20H2,1-3H3/b30-18-/t33-/m0/s1. The van der Waals surface area contributed by atoms with E-state index in [0.29, 0.717) is 43.7 Å². The Morgan fingerprint density at radius 2 is 1.69 bits per heavy atom. The lowest BCUT2D eigenvalue weighted by atomic mass is 9.93. The van der Waals surface area contributed by atoms with Crippen LogP contribution in [0, 0.1) is 7.14 Å². The molecule has 1 aliphatic rings. The fourth-order valence-electron chi connectivity index (χ4n) is 5.51. The van der Waals surface area contributed by atoms with Gasteiger partial charge in [-0.15, -0.1) is 0 Å². The number of halogens is 3. The van der Waals surface area contributed by atoms with Crippen LogP contribution in [0.5, 0.6) is 17.2 Å². The number of thiazole rings is 1. The van der Waals surface area contributed by atoms with Crippen molar-refractivity contribution in [2.24, 2.45) is 4.99 Å². The van der Waals surface area contributed by atoms with Crippen molar-refractivity contribution in [3.63, 3.8) is 0 Å². The highest BCUT2D eigenvalue weighted by Gasteiger charge is 2.35. The summed E-state index contributed by atoms with van der Waals surface area (Å²) in [6.07, 6.45) is 1.84. The highest BCUT2D eigenvalue weighted by Crippen LogP contribution is 2.38. The number of nitrogens with zero attached hydrogens (tertiary/aromatic N) is 2. The summed E-state index contributed by atoms with van der Waals surface area (Å²) in [6.45, 7) is 2.27. The summed E-state index contributed by atoms with van der Waals surface area (Å²) in [5.41, 5.74) is 3.56. The molecule has 6 rings (SSSR count). The predicted molar refractivity (Wildman–Crippen MR) is 208 cm³/mol. The van der Waals surface area contributed by atoms with Crippen molar-refractivity contribution in [3.05, 3.63) is 145 Å². The lowest BCUT2D eigenvalue weighted by Gasteiger charge is -2.26. The molecule has 0 saturated carbocycles. The molecule has 1 atom stereocenters. The molecule has 1 aliphatic heterocycles. The van der Waals surface area contributed by atoms with Crippen LogP contribution < -0.4 is 29.1 Å². The average molecular weight is 919 g/mol. The molecule has 8 nitrogen and oxygen atoms in total. The summed E-state index contributed by atoms with van der Waals surface area (Å²) in [5.74, 6) is 1.18. The number of methoxy groups -OCH3 is 2. The van der Waals surface area contributed by atoms with Crippen LogP contribution in [-0.2, 0) is 16.1 Å². The van der Waals surface area contributed by atoms with Gasteiger partial charge in [0.2, 0.25) is 0 Å². The highest BCUT2D eigenvalue weighted by molar-refractivity contribution is 14.1. The Kier molecular flexibility index (Phi) is 11.1. The third-order valence-electron chi connectivity index (χ3n) is 7.69. The number of aromatic nitrogens is 1. The molecule has 0 saturated heterocycles. The van der Waals surface area contributed by atoms with Crippen molar-refractivity contribution < 1.29 is 23.7 Å². The number of rotatable bonds is 10. The second-order valence-electron chi connectivity index (χ2n) is 10.8. The molecule has 0 spiro atoms. The summed E-state index contributed by atoms with van der Waals surface area (Å²) >= 11 is 11.9. The van der Waals surface area contributed by atoms with Crippen LogP contribution in [0.3, 0.4) is 0 Å². The second kappa shape index (κ2) is 15.5. The summed E-state index contributed by atoms with van der Waals surface area (Å²) in [6, 6.07) is 25.4. The van der Waals surface area contributed by atoms with Crippen LogP contribution in [0.4, 0.5) is 0 Å². The molecular weight excluding hydrogens is 890 g/mol. The van der Waals surface area contributed by atoms with Crippen molar-refractivity contribution >= 4 is 85.9 Å². The minimum atomic E-state index is -0.852. The molecule has 1 aromatic heterocycles. The van der Waals surface area contributed by atoms with Crippen molar-refractivity contribution in [1.82, 2.24) is 4.57 Å². The topological polar surface area (TPSA) is 88.4 Å². The fraction of sp³-hybridized carbons (Fsp3) is 0.162. The Balaban J connectivity index is 1.50. The quantitative estimate of drug-likeness (QED) is 0.107. The first-order valence-corrected chi connectivity index (χ1v) is 18.4. The maximum atomic E-state index is 14.4. The zero-order valence-electron chi connectivity index (χ0n) is 26.5. The zero-order valence-corrected chi connectivity index (χ0v) is 32.4. The first-order chi connectivity index (χ1) is 23.7. The SMILES string of the molecule is CCOC(=O)C1=C(c2ccccc2)N=c2s/c(=C\c3cc(I)c(OCc4cccc(Cl)c4)c(I)c3)c(=O)n2[C@H]1c1ccc(OC)c(OC)c1. The van der Waals surface area contributed by atoms with Gasteiger partial charge in [-0.1, -0.05) is 71.5 Å². The van der Waals surface area contributed by atoms with Crippen LogP contribution in [-0.4, -0.2) is 31.4 Å². The third kappa shape index (κ3) is 7.44. The van der Waals surface area contributed by atoms with E-state index < -0.39 is 12.0 Å². The second-order valence-corrected chi connectivity index (χ2v) is 14.5. The van der Waals surface area contributed by atoms with Gasteiger partial charge in [0.15, 0.2) is 16.3 Å². The first-order valence-electron chi connectivity index (χ1n) is 15.1. The number of fused-ring (bicyclic) bond motifs is 1. The molecule has 5 aromatic rings. The van der Waals surface area contributed by atoms with Gasteiger partial charge in [0, 0.05) is 10.6 Å². The van der Waals surface area contributed by atoms with Gasteiger partial charge < -0.3 is 18.9 Å². The molecule has 0 N–H and O–H groups in total. The molecule has 2 heterocycles. The van der Waals surface area contributed by atoms with Crippen LogP contribution in [0.1, 0.15) is 35.2 Å². The Morgan fingerprint density at radius 3 is 2.37 bits per heavy atom. The number of carbonyl (C=O) groups excluding carboxylic acids is 1. The van der Waals surface area contributed by atoms with E-state index >= 15 is 0 Å². The molecule has 0 amide bonds. The van der Waals surface area contributed by atoms with Crippen LogP contribution in [0.2, 0.25) is 5.02 Å². The molecule has 0 bridgehead atoms. The van der Waals surface area contributed by atoms with Gasteiger partial charge in [-0.2, -0.15) is 0 Å².